The topological polar surface area (TPSA) is 74.7 Å². The number of nitrogens with two attached hydrogens (primary N) is 1. The Morgan fingerprint density at radius 3 is 3.00 bits per heavy atom. The molecule has 0 atom stereocenters. The molecule has 1 aromatic heterocycles. The zero-order valence-corrected chi connectivity index (χ0v) is 10.1. The van der Waals surface area contributed by atoms with E-state index in [-0.39, 0.29) is 5.84 Å². The lowest BCUT2D eigenvalue weighted by Crippen LogP contribution is -2.30. The predicted molar refractivity (Wildman–Crippen MR) is 65.2 cm³/mol. The van der Waals surface area contributed by atoms with Crippen LogP contribution in [-0.2, 0) is 0 Å². The van der Waals surface area contributed by atoms with Crippen molar-refractivity contribution in [3.8, 4) is 0 Å². The Morgan fingerprint density at radius 1 is 1.75 bits per heavy atom. The number of aromatic nitrogens is 1. The van der Waals surface area contributed by atoms with Gasteiger partial charge in [0.2, 0.25) is 0 Å². The Labute approximate surface area is 98.6 Å². The summed E-state index contributed by atoms with van der Waals surface area (Å²) in [6, 6.07) is 0.594. The van der Waals surface area contributed by atoms with Gasteiger partial charge in [0.1, 0.15) is 5.84 Å². The smallest absolute Gasteiger partial charge is 0.185 e. The van der Waals surface area contributed by atoms with Crippen LogP contribution in [0.25, 0.3) is 0 Å². The van der Waals surface area contributed by atoms with Gasteiger partial charge in [0.05, 0.1) is 5.69 Å². The highest BCUT2D eigenvalue weighted by Gasteiger charge is 2.30. The van der Waals surface area contributed by atoms with Gasteiger partial charge in [0.15, 0.2) is 5.13 Å². The lowest BCUT2D eigenvalue weighted by atomic mass is 10.3. The van der Waals surface area contributed by atoms with Crippen molar-refractivity contribution in [1.82, 2.24) is 4.98 Å². The Morgan fingerprint density at radius 2 is 2.50 bits per heavy atom. The molecular formula is C10H16N4OS. The van der Waals surface area contributed by atoms with Crippen LogP contribution in [0.5, 0.6) is 0 Å². The molecule has 0 aliphatic heterocycles. The van der Waals surface area contributed by atoms with Gasteiger partial charge in [0.25, 0.3) is 0 Å². The molecule has 0 saturated heterocycles. The quantitative estimate of drug-likeness (QED) is 0.354. The van der Waals surface area contributed by atoms with Crippen LogP contribution >= 0.6 is 11.3 Å². The van der Waals surface area contributed by atoms with Gasteiger partial charge in [-0.15, -0.1) is 11.3 Å². The minimum Gasteiger partial charge on any atom is -0.409 e. The van der Waals surface area contributed by atoms with Gasteiger partial charge < -0.3 is 15.8 Å². The first kappa shape index (κ1) is 11.2. The van der Waals surface area contributed by atoms with Crippen LogP contribution in [-0.4, -0.2) is 28.6 Å². The number of hydrogen-bond acceptors (Lipinski definition) is 5. The average Bonchev–Trinajstić information content (AvgIpc) is 3.02. The van der Waals surface area contributed by atoms with E-state index in [4.69, 9.17) is 10.9 Å². The molecule has 1 saturated carbocycles. The molecule has 3 N–H and O–H groups in total. The van der Waals surface area contributed by atoms with Gasteiger partial charge in [0, 0.05) is 24.4 Å². The van der Waals surface area contributed by atoms with Crippen LogP contribution in [0.2, 0.25) is 0 Å². The maximum absolute atomic E-state index is 8.51. The summed E-state index contributed by atoms with van der Waals surface area (Å²) in [6.45, 7) is 2.77. The van der Waals surface area contributed by atoms with Crippen molar-refractivity contribution >= 4 is 22.3 Å². The van der Waals surface area contributed by atoms with E-state index in [1.807, 2.05) is 12.3 Å². The third kappa shape index (κ3) is 2.63. The highest BCUT2D eigenvalue weighted by atomic mass is 32.1. The van der Waals surface area contributed by atoms with E-state index in [1.165, 1.54) is 12.8 Å². The number of aryl methyl sites for hydroxylation is 1. The number of rotatable bonds is 5. The summed E-state index contributed by atoms with van der Waals surface area (Å²) >= 11 is 1.66. The van der Waals surface area contributed by atoms with Crippen LogP contribution in [0.1, 0.15) is 25.0 Å². The largest absolute Gasteiger partial charge is 0.409 e. The lowest BCUT2D eigenvalue weighted by molar-refractivity contribution is 0.317. The molecule has 0 amide bonds. The summed E-state index contributed by atoms with van der Waals surface area (Å²) in [6.07, 6.45) is 3.01. The van der Waals surface area contributed by atoms with Gasteiger partial charge in [-0.3, -0.25) is 0 Å². The molecule has 16 heavy (non-hydrogen) atoms. The fourth-order valence-electron chi connectivity index (χ4n) is 1.58. The Bertz CT molecular complexity index is 386. The van der Waals surface area contributed by atoms with Crippen molar-refractivity contribution < 1.29 is 5.21 Å². The molecule has 0 aromatic carbocycles. The van der Waals surface area contributed by atoms with E-state index in [0.717, 1.165) is 17.4 Å². The SMILES string of the molecule is Cc1csc(N(CCC(N)=NO)C2CC2)n1. The van der Waals surface area contributed by atoms with Crippen molar-refractivity contribution in [2.24, 2.45) is 10.9 Å². The van der Waals surface area contributed by atoms with Crippen molar-refractivity contribution in [2.45, 2.75) is 32.2 Å². The first-order valence-corrected chi connectivity index (χ1v) is 6.24. The molecule has 1 aliphatic rings. The summed E-state index contributed by atoms with van der Waals surface area (Å²) < 4.78 is 0. The van der Waals surface area contributed by atoms with Gasteiger partial charge in [-0.1, -0.05) is 5.16 Å². The summed E-state index contributed by atoms with van der Waals surface area (Å²) in [5.41, 5.74) is 6.53. The van der Waals surface area contributed by atoms with Gasteiger partial charge in [-0.2, -0.15) is 0 Å². The number of oxime groups is 1. The molecule has 88 valence electrons. The van der Waals surface area contributed by atoms with E-state index in [0.29, 0.717) is 12.5 Å². The summed E-state index contributed by atoms with van der Waals surface area (Å²) in [7, 11) is 0. The zero-order chi connectivity index (χ0) is 11.5. The van der Waals surface area contributed by atoms with Crippen LogP contribution < -0.4 is 10.6 Å². The highest BCUT2D eigenvalue weighted by molar-refractivity contribution is 7.13. The third-order valence-corrected chi connectivity index (χ3v) is 3.57. The molecular weight excluding hydrogens is 224 g/mol. The molecule has 0 spiro atoms. The monoisotopic (exact) mass is 240 g/mol. The van der Waals surface area contributed by atoms with E-state index >= 15 is 0 Å². The number of thiazole rings is 1. The molecule has 1 aliphatic carbocycles. The summed E-state index contributed by atoms with van der Waals surface area (Å²) in [4.78, 5) is 6.74. The average molecular weight is 240 g/mol. The maximum Gasteiger partial charge on any atom is 0.185 e. The second kappa shape index (κ2) is 4.69. The van der Waals surface area contributed by atoms with Crippen molar-refractivity contribution in [3.63, 3.8) is 0 Å². The summed E-state index contributed by atoms with van der Waals surface area (Å²) in [5.74, 6) is 0.277. The predicted octanol–water partition coefficient (Wildman–Crippen LogP) is 1.56. The zero-order valence-electron chi connectivity index (χ0n) is 9.26. The fraction of sp³-hybridized carbons (Fsp3) is 0.600. The molecule has 1 aromatic rings. The van der Waals surface area contributed by atoms with Gasteiger partial charge >= 0.3 is 0 Å². The van der Waals surface area contributed by atoms with Crippen molar-refractivity contribution in [1.29, 1.82) is 0 Å². The second-order valence-electron chi connectivity index (χ2n) is 4.04. The van der Waals surface area contributed by atoms with Crippen LogP contribution in [0.3, 0.4) is 0 Å². The molecule has 6 heteroatoms. The molecule has 0 radical (unpaired) electrons. The fourth-order valence-corrected chi connectivity index (χ4v) is 2.48. The highest BCUT2D eigenvalue weighted by Crippen LogP contribution is 2.33. The molecule has 1 heterocycles. The molecule has 5 nitrogen and oxygen atoms in total. The number of nitrogens with zero attached hydrogens (tertiary/aromatic N) is 3. The Balaban J connectivity index is 2.00. The lowest BCUT2D eigenvalue weighted by Gasteiger charge is -2.20. The molecule has 1 fully saturated rings. The van der Waals surface area contributed by atoms with E-state index in [9.17, 15) is 0 Å². The molecule has 0 bridgehead atoms. The normalized spacial score (nSPS) is 16.4. The van der Waals surface area contributed by atoms with Gasteiger partial charge in [-0.25, -0.2) is 4.98 Å². The van der Waals surface area contributed by atoms with E-state index < -0.39 is 0 Å². The van der Waals surface area contributed by atoms with Crippen LogP contribution in [0, 0.1) is 6.92 Å². The minimum atomic E-state index is 0.277. The second-order valence-corrected chi connectivity index (χ2v) is 4.87. The first-order chi connectivity index (χ1) is 7.70. The molecule has 0 unspecified atom stereocenters. The third-order valence-electron chi connectivity index (χ3n) is 2.58. The van der Waals surface area contributed by atoms with Crippen LogP contribution in [0.4, 0.5) is 5.13 Å². The Kier molecular flexibility index (Phi) is 3.28. The van der Waals surface area contributed by atoms with Crippen LogP contribution in [0.15, 0.2) is 10.5 Å². The summed E-state index contributed by atoms with van der Waals surface area (Å²) in [5, 5.41) is 14.6. The van der Waals surface area contributed by atoms with Gasteiger partial charge in [-0.05, 0) is 19.8 Å². The van der Waals surface area contributed by atoms with Crippen molar-refractivity contribution in [3.05, 3.63) is 11.1 Å². The van der Waals surface area contributed by atoms with E-state index in [2.05, 4.69) is 15.0 Å². The number of amidine groups is 1. The standard InChI is InChI=1S/C10H16N4OS/c1-7-6-16-10(12-7)14(8-2-3-8)5-4-9(11)13-15/h6,8,15H,2-5H2,1H3,(H2,11,13). The first-order valence-electron chi connectivity index (χ1n) is 5.36. The van der Waals surface area contributed by atoms with E-state index in [1.54, 1.807) is 11.3 Å². The Hall–Kier alpha value is -1.30. The number of anilines is 1. The molecule has 2 rings (SSSR count). The van der Waals surface area contributed by atoms with Crippen molar-refractivity contribution in [2.75, 3.05) is 11.4 Å². The maximum atomic E-state index is 8.51. The minimum absolute atomic E-state index is 0.277. The number of hydrogen-bond donors (Lipinski definition) is 2.